The van der Waals surface area contributed by atoms with Gasteiger partial charge in [-0.05, 0) is 37.8 Å². The third-order valence-corrected chi connectivity index (χ3v) is 3.69. The Morgan fingerprint density at radius 3 is 2.84 bits per heavy atom. The summed E-state index contributed by atoms with van der Waals surface area (Å²) in [6.45, 7) is 4.91. The number of rotatable bonds is 5. The molecule has 1 aliphatic rings. The van der Waals surface area contributed by atoms with Crippen LogP contribution in [0.15, 0.2) is 24.3 Å². The fourth-order valence-electron chi connectivity index (χ4n) is 2.53. The first-order valence-electron chi connectivity index (χ1n) is 6.75. The van der Waals surface area contributed by atoms with Crippen LogP contribution in [0.1, 0.15) is 36.9 Å². The Kier molecular flexibility index (Phi) is 4.56. The van der Waals surface area contributed by atoms with Crippen molar-refractivity contribution in [3.63, 3.8) is 0 Å². The van der Waals surface area contributed by atoms with Crippen LogP contribution in [0, 0.1) is 6.92 Å². The maximum atomic E-state index is 10.8. The molecule has 3 atom stereocenters. The van der Waals surface area contributed by atoms with Gasteiger partial charge in [-0.1, -0.05) is 24.3 Å². The quantitative estimate of drug-likeness (QED) is 0.855. The molecule has 104 valence electrons. The van der Waals surface area contributed by atoms with E-state index in [2.05, 4.69) is 31.3 Å². The maximum absolute atomic E-state index is 10.8. The SMILES string of the molecule is Cc1ccccc1[C@H](C)NCC1CCC(C(=O)O)O1. The first-order chi connectivity index (χ1) is 9.08. The van der Waals surface area contributed by atoms with E-state index in [1.54, 1.807) is 0 Å². The van der Waals surface area contributed by atoms with Crippen LogP contribution >= 0.6 is 0 Å². The molecular weight excluding hydrogens is 242 g/mol. The fourth-order valence-corrected chi connectivity index (χ4v) is 2.53. The molecule has 1 fully saturated rings. The summed E-state index contributed by atoms with van der Waals surface area (Å²) in [4.78, 5) is 10.8. The van der Waals surface area contributed by atoms with Crippen LogP contribution in [0.5, 0.6) is 0 Å². The lowest BCUT2D eigenvalue weighted by Gasteiger charge is -2.19. The first kappa shape index (κ1) is 14.0. The van der Waals surface area contributed by atoms with Crippen molar-refractivity contribution in [2.45, 2.75) is 44.9 Å². The Hall–Kier alpha value is -1.39. The van der Waals surface area contributed by atoms with Gasteiger partial charge in [0.15, 0.2) is 6.10 Å². The van der Waals surface area contributed by atoms with E-state index in [1.165, 1.54) is 11.1 Å². The summed E-state index contributed by atoms with van der Waals surface area (Å²) < 4.78 is 5.48. The molecule has 19 heavy (non-hydrogen) atoms. The minimum atomic E-state index is -0.852. The molecule has 0 bridgehead atoms. The molecule has 1 aliphatic heterocycles. The van der Waals surface area contributed by atoms with E-state index in [0.717, 1.165) is 6.42 Å². The number of carboxylic acids is 1. The zero-order valence-corrected chi connectivity index (χ0v) is 11.4. The van der Waals surface area contributed by atoms with Gasteiger partial charge in [-0.15, -0.1) is 0 Å². The van der Waals surface area contributed by atoms with Gasteiger partial charge in [0.2, 0.25) is 0 Å². The highest BCUT2D eigenvalue weighted by molar-refractivity contribution is 5.72. The highest BCUT2D eigenvalue weighted by Gasteiger charge is 2.30. The monoisotopic (exact) mass is 263 g/mol. The van der Waals surface area contributed by atoms with Crippen LogP contribution in [0.4, 0.5) is 0 Å². The van der Waals surface area contributed by atoms with E-state index in [0.29, 0.717) is 13.0 Å². The zero-order valence-electron chi connectivity index (χ0n) is 11.4. The summed E-state index contributed by atoms with van der Waals surface area (Å²) in [5.74, 6) is -0.852. The molecule has 0 aliphatic carbocycles. The van der Waals surface area contributed by atoms with E-state index in [4.69, 9.17) is 9.84 Å². The Morgan fingerprint density at radius 2 is 2.21 bits per heavy atom. The molecule has 0 aromatic heterocycles. The predicted octanol–water partition coefficient (Wildman–Crippen LogP) is 2.28. The Bertz CT molecular complexity index is 447. The molecule has 1 saturated heterocycles. The van der Waals surface area contributed by atoms with Gasteiger partial charge < -0.3 is 15.2 Å². The Balaban J connectivity index is 1.83. The van der Waals surface area contributed by atoms with Crippen LogP contribution in [0.2, 0.25) is 0 Å². The first-order valence-corrected chi connectivity index (χ1v) is 6.75. The molecule has 2 N–H and O–H groups in total. The fraction of sp³-hybridized carbons (Fsp3) is 0.533. The summed E-state index contributed by atoms with van der Waals surface area (Å²) in [6.07, 6.45) is 0.804. The third kappa shape index (κ3) is 3.55. The van der Waals surface area contributed by atoms with Crippen molar-refractivity contribution in [2.24, 2.45) is 0 Å². The second-order valence-corrected chi connectivity index (χ2v) is 5.15. The number of carbonyl (C=O) groups is 1. The highest BCUT2D eigenvalue weighted by Crippen LogP contribution is 2.21. The summed E-state index contributed by atoms with van der Waals surface area (Å²) >= 11 is 0. The molecular formula is C15H21NO3. The minimum Gasteiger partial charge on any atom is -0.479 e. The van der Waals surface area contributed by atoms with Gasteiger partial charge in [-0.2, -0.15) is 0 Å². The van der Waals surface area contributed by atoms with E-state index >= 15 is 0 Å². The second kappa shape index (κ2) is 6.17. The predicted molar refractivity (Wildman–Crippen MR) is 73.1 cm³/mol. The standard InChI is InChI=1S/C15H21NO3/c1-10-5-3-4-6-13(10)11(2)16-9-12-7-8-14(19-12)15(17)18/h3-6,11-12,14,16H,7-9H2,1-2H3,(H,17,18)/t11-,12?,14?/m0/s1. The molecule has 4 heteroatoms. The van der Waals surface area contributed by atoms with Crippen LogP contribution in [0.3, 0.4) is 0 Å². The van der Waals surface area contributed by atoms with E-state index in [9.17, 15) is 4.79 Å². The molecule has 0 amide bonds. The van der Waals surface area contributed by atoms with Gasteiger partial charge in [-0.3, -0.25) is 0 Å². The molecule has 1 aromatic rings. The lowest BCUT2D eigenvalue weighted by molar-refractivity contribution is -0.149. The number of aliphatic carboxylic acids is 1. The van der Waals surface area contributed by atoms with Gasteiger partial charge in [0.1, 0.15) is 0 Å². The summed E-state index contributed by atoms with van der Waals surface area (Å²) in [5, 5.41) is 12.3. The smallest absolute Gasteiger partial charge is 0.332 e. The number of nitrogens with one attached hydrogen (secondary N) is 1. The number of carboxylic acid groups (broad SMARTS) is 1. The van der Waals surface area contributed by atoms with Crippen molar-refractivity contribution in [3.05, 3.63) is 35.4 Å². The van der Waals surface area contributed by atoms with Gasteiger partial charge >= 0.3 is 5.97 Å². The molecule has 1 heterocycles. The number of hydrogen-bond acceptors (Lipinski definition) is 3. The van der Waals surface area contributed by atoms with Crippen molar-refractivity contribution in [1.29, 1.82) is 0 Å². The van der Waals surface area contributed by atoms with Gasteiger partial charge in [-0.25, -0.2) is 4.79 Å². The molecule has 0 radical (unpaired) electrons. The highest BCUT2D eigenvalue weighted by atomic mass is 16.5. The van der Waals surface area contributed by atoms with Crippen LogP contribution < -0.4 is 5.32 Å². The van der Waals surface area contributed by atoms with E-state index < -0.39 is 12.1 Å². The van der Waals surface area contributed by atoms with Crippen molar-refractivity contribution in [2.75, 3.05) is 6.54 Å². The Labute approximate surface area is 113 Å². The molecule has 0 saturated carbocycles. The molecule has 2 rings (SSSR count). The van der Waals surface area contributed by atoms with Crippen LogP contribution in [0.25, 0.3) is 0 Å². The number of hydrogen-bond donors (Lipinski definition) is 2. The van der Waals surface area contributed by atoms with Crippen molar-refractivity contribution in [1.82, 2.24) is 5.32 Å². The zero-order chi connectivity index (χ0) is 13.8. The second-order valence-electron chi connectivity index (χ2n) is 5.15. The van der Waals surface area contributed by atoms with Crippen molar-refractivity contribution >= 4 is 5.97 Å². The average molecular weight is 263 g/mol. The number of benzene rings is 1. The normalized spacial score (nSPS) is 24.3. The largest absolute Gasteiger partial charge is 0.479 e. The van der Waals surface area contributed by atoms with Gasteiger partial charge in [0, 0.05) is 12.6 Å². The topological polar surface area (TPSA) is 58.6 Å². The van der Waals surface area contributed by atoms with Gasteiger partial charge in [0.05, 0.1) is 6.10 Å². The summed E-state index contributed by atoms with van der Waals surface area (Å²) in [5.41, 5.74) is 2.54. The minimum absolute atomic E-state index is 0.00701. The maximum Gasteiger partial charge on any atom is 0.332 e. The molecule has 4 nitrogen and oxygen atoms in total. The lowest BCUT2D eigenvalue weighted by Crippen LogP contribution is -2.30. The van der Waals surface area contributed by atoms with Crippen LogP contribution in [-0.4, -0.2) is 29.8 Å². The molecule has 0 spiro atoms. The van der Waals surface area contributed by atoms with E-state index in [1.807, 2.05) is 12.1 Å². The number of aryl methyl sites for hydroxylation is 1. The molecule has 1 aromatic carbocycles. The summed E-state index contributed by atoms with van der Waals surface area (Å²) in [6, 6.07) is 8.52. The average Bonchev–Trinajstić information content (AvgIpc) is 2.85. The molecule has 2 unspecified atom stereocenters. The van der Waals surface area contributed by atoms with Crippen LogP contribution in [-0.2, 0) is 9.53 Å². The third-order valence-electron chi connectivity index (χ3n) is 3.69. The lowest BCUT2D eigenvalue weighted by atomic mass is 10.0. The van der Waals surface area contributed by atoms with E-state index in [-0.39, 0.29) is 12.1 Å². The van der Waals surface area contributed by atoms with Gasteiger partial charge in [0.25, 0.3) is 0 Å². The Morgan fingerprint density at radius 1 is 1.47 bits per heavy atom. The van der Waals surface area contributed by atoms with Crippen molar-refractivity contribution in [3.8, 4) is 0 Å². The number of ether oxygens (including phenoxy) is 1. The summed E-state index contributed by atoms with van der Waals surface area (Å²) in [7, 11) is 0. The van der Waals surface area contributed by atoms with Crippen molar-refractivity contribution < 1.29 is 14.6 Å².